The van der Waals surface area contributed by atoms with Crippen LogP contribution in [0.3, 0.4) is 0 Å². The van der Waals surface area contributed by atoms with Gasteiger partial charge in [0.05, 0.1) is 17.7 Å². The minimum Gasteiger partial charge on any atom is -0.468 e. The molecule has 0 saturated carbocycles. The Kier molecular flexibility index (Phi) is 4.09. The van der Waals surface area contributed by atoms with E-state index in [4.69, 9.17) is 4.42 Å². The first-order valence-corrected chi connectivity index (χ1v) is 8.31. The van der Waals surface area contributed by atoms with Crippen LogP contribution in [0, 0.1) is 0 Å². The predicted molar refractivity (Wildman–Crippen MR) is 84.6 cm³/mol. The van der Waals surface area contributed by atoms with Crippen LogP contribution in [-0.2, 0) is 16.6 Å². The first-order chi connectivity index (χ1) is 10.6. The predicted octanol–water partition coefficient (Wildman–Crippen LogP) is 3.43. The molecule has 0 amide bonds. The van der Waals surface area contributed by atoms with Gasteiger partial charge >= 0.3 is 0 Å². The van der Waals surface area contributed by atoms with E-state index in [1.807, 2.05) is 30.3 Å². The van der Waals surface area contributed by atoms with Crippen molar-refractivity contribution in [3.05, 3.63) is 78.8 Å². The van der Waals surface area contributed by atoms with Gasteiger partial charge in [-0.15, -0.1) is 0 Å². The van der Waals surface area contributed by atoms with Gasteiger partial charge in [-0.3, -0.25) is 0 Å². The van der Waals surface area contributed by atoms with E-state index < -0.39 is 10.0 Å². The van der Waals surface area contributed by atoms with Crippen molar-refractivity contribution < 1.29 is 12.8 Å². The lowest BCUT2D eigenvalue weighted by Crippen LogP contribution is -2.22. The maximum atomic E-state index is 12.2. The van der Waals surface area contributed by atoms with Crippen LogP contribution < -0.4 is 4.72 Å². The van der Waals surface area contributed by atoms with Crippen molar-refractivity contribution in [1.29, 1.82) is 0 Å². The smallest absolute Gasteiger partial charge is 0.240 e. The number of sulfonamides is 1. The molecule has 3 rings (SSSR count). The summed E-state index contributed by atoms with van der Waals surface area (Å²) >= 11 is 0. The zero-order valence-electron chi connectivity index (χ0n) is 11.8. The van der Waals surface area contributed by atoms with E-state index in [0.717, 1.165) is 11.1 Å². The summed E-state index contributed by atoms with van der Waals surface area (Å²) in [5, 5.41) is 0. The van der Waals surface area contributed by atoms with E-state index in [1.54, 1.807) is 36.4 Å². The molecule has 0 aliphatic carbocycles. The van der Waals surface area contributed by atoms with E-state index in [1.165, 1.54) is 6.26 Å². The molecular weight excluding hydrogens is 298 g/mol. The molecule has 0 aliphatic heterocycles. The Bertz CT molecular complexity index is 823. The van der Waals surface area contributed by atoms with Crippen molar-refractivity contribution in [3.63, 3.8) is 0 Å². The van der Waals surface area contributed by atoms with Crippen LogP contribution in [0.2, 0.25) is 0 Å². The Morgan fingerprint density at radius 2 is 1.50 bits per heavy atom. The fraction of sp³-hybridized carbons (Fsp3) is 0.0588. The molecule has 1 heterocycles. The highest BCUT2D eigenvalue weighted by Gasteiger charge is 2.14. The Morgan fingerprint density at radius 1 is 0.818 bits per heavy atom. The van der Waals surface area contributed by atoms with E-state index >= 15 is 0 Å². The largest absolute Gasteiger partial charge is 0.468 e. The molecule has 4 nitrogen and oxygen atoms in total. The molecule has 0 fully saturated rings. The second-order valence-electron chi connectivity index (χ2n) is 4.79. The monoisotopic (exact) mass is 313 g/mol. The average Bonchev–Trinajstić information content (AvgIpc) is 3.08. The SMILES string of the molecule is O=S(=O)(NCc1ccco1)c1ccc(-c2ccccc2)cc1. The third kappa shape index (κ3) is 3.27. The summed E-state index contributed by atoms with van der Waals surface area (Å²) in [5.74, 6) is 0.574. The summed E-state index contributed by atoms with van der Waals surface area (Å²) in [6.07, 6.45) is 1.51. The van der Waals surface area contributed by atoms with Crippen molar-refractivity contribution in [2.45, 2.75) is 11.4 Å². The Balaban J connectivity index is 1.77. The Hall–Kier alpha value is -2.37. The van der Waals surface area contributed by atoms with Crippen molar-refractivity contribution in [3.8, 4) is 11.1 Å². The van der Waals surface area contributed by atoms with Gasteiger partial charge in [-0.25, -0.2) is 13.1 Å². The lowest BCUT2D eigenvalue weighted by molar-refractivity contribution is 0.498. The molecule has 22 heavy (non-hydrogen) atoms. The lowest BCUT2D eigenvalue weighted by Gasteiger charge is -2.07. The molecular formula is C17H15NO3S. The Labute approximate surface area is 129 Å². The molecule has 0 bridgehead atoms. The number of furan rings is 1. The highest BCUT2D eigenvalue weighted by atomic mass is 32.2. The Morgan fingerprint density at radius 3 is 2.14 bits per heavy atom. The third-order valence-electron chi connectivity index (χ3n) is 3.29. The normalized spacial score (nSPS) is 11.5. The van der Waals surface area contributed by atoms with E-state index in [-0.39, 0.29) is 11.4 Å². The highest BCUT2D eigenvalue weighted by molar-refractivity contribution is 7.89. The molecule has 2 aromatic carbocycles. The first-order valence-electron chi connectivity index (χ1n) is 6.83. The van der Waals surface area contributed by atoms with Crippen molar-refractivity contribution in [2.75, 3.05) is 0 Å². The maximum Gasteiger partial charge on any atom is 0.240 e. The molecule has 1 aromatic heterocycles. The minimum atomic E-state index is -3.55. The highest BCUT2D eigenvalue weighted by Crippen LogP contribution is 2.21. The van der Waals surface area contributed by atoms with Gasteiger partial charge in [-0.1, -0.05) is 42.5 Å². The van der Waals surface area contributed by atoms with Crippen molar-refractivity contribution >= 4 is 10.0 Å². The fourth-order valence-electron chi connectivity index (χ4n) is 2.12. The molecule has 0 atom stereocenters. The fourth-order valence-corrected chi connectivity index (χ4v) is 3.11. The molecule has 5 heteroatoms. The zero-order valence-corrected chi connectivity index (χ0v) is 12.6. The van der Waals surface area contributed by atoms with Crippen LogP contribution in [0.4, 0.5) is 0 Å². The van der Waals surface area contributed by atoms with Crippen LogP contribution in [-0.4, -0.2) is 8.42 Å². The number of nitrogens with one attached hydrogen (secondary N) is 1. The van der Waals surface area contributed by atoms with Gasteiger partial charge in [0.25, 0.3) is 0 Å². The van der Waals surface area contributed by atoms with Crippen LogP contribution in [0.25, 0.3) is 11.1 Å². The van der Waals surface area contributed by atoms with Crippen LogP contribution in [0.5, 0.6) is 0 Å². The van der Waals surface area contributed by atoms with Crippen molar-refractivity contribution in [1.82, 2.24) is 4.72 Å². The standard InChI is InChI=1S/C17H15NO3S/c19-22(20,18-13-16-7-4-12-21-16)17-10-8-15(9-11-17)14-5-2-1-3-6-14/h1-12,18H,13H2. The molecule has 3 aromatic rings. The lowest BCUT2D eigenvalue weighted by atomic mass is 10.1. The quantitative estimate of drug-likeness (QED) is 0.785. The number of hydrogen-bond donors (Lipinski definition) is 1. The zero-order chi connectivity index (χ0) is 15.4. The van der Waals surface area contributed by atoms with Crippen LogP contribution in [0.15, 0.2) is 82.3 Å². The topological polar surface area (TPSA) is 59.3 Å². The summed E-state index contributed by atoms with van der Waals surface area (Å²) in [6, 6.07) is 20.1. The van der Waals surface area contributed by atoms with Crippen LogP contribution >= 0.6 is 0 Å². The first kappa shape index (κ1) is 14.6. The summed E-state index contributed by atoms with van der Waals surface area (Å²) in [6.45, 7) is 0.135. The summed E-state index contributed by atoms with van der Waals surface area (Å²) in [5.41, 5.74) is 2.03. The van der Waals surface area contributed by atoms with E-state index in [0.29, 0.717) is 5.76 Å². The molecule has 112 valence electrons. The molecule has 0 saturated heterocycles. The molecule has 1 N–H and O–H groups in total. The van der Waals surface area contributed by atoms with Gasteiger partial charge in [0, 0.05) is 0 Å². The molecule has 0 unspecified atom stereocenters. The van der Waals surface area contributed by atoms with Gasteiger partial charge in [0.2, 0.25) is 10.0 Å². The second kappa shape index (κ2) is 6.17. The van der Waals surface area contributed by atoms with Crippen molar-refractivity contribution in [2.24, 2.45) is 0 Å². The van der Waals surface area contributed by atoms with Crippen LogP contribution in [0.1, 0.15) is 5.76 Å². The maximum absolute atomic E-state index is 12.2. The number of rotatable bonds is 5. The van der Waals surface area contributed by atoms with E-state index in [2.05, 4.69) is 4.72 Å². The minimum absolute atomic E-state index is 0.135. The van der Waals surface area contributed by atoms with Gasteiger partial charge < -0.3 is 4.42 Å². The average molecular weight is 313 g/mol. The molecule has 0 spiro atoms. The van der Waals surface area contributed by atoms with E-state index in [9.17, 15) is 8.42 Å². The molecule has 0 radical (unpaired) electrons. The van der Waals surface area contributed by atoms with Gasteiger partial charge in [-0.05, 0) is 35.4 Å². The van der Waals surface area contributed by atoms with Gasteiger partial charge in [0.15, 0.2) is 0 Å². The molecule has 0 aliphatic rings. The second-order valence-corrected chi connectivity index (χ2v) is 6.56. The van der Waals surface area contributed by atoms with Gasteiger partial charge in [0.1, 0.15) is 5.76 Å². The third-order valence-corrected chi connectivity index (χ3v) is 4.71. The summed E-state index contributed by atoms with van der Waals surface area (Å²) in [4.78, 5) is 0.235. The number of benzene rings is 2. The van der Waals surface area contributed by atoms with Gasteiger partial charge in [-0.2, -0.15) is 0 Å². The summed E-state index contributed by atoms with van der Waals surface area (Å²) < 4.78 is 32.1. The summed E-state index contributed by atoms with van der Waals surface area (Å²) in [7, 11) is -3.55. The number of hydrogen-bond acceptors (Lipinski definition) is 3.